The maximum atomic E-state index is 12.6. The van der Waals surface area contributed by atoms with Crippen LogP contribution in [0, 0.1) is 6.92 Å². The largest absolute Gasteiger partial charge is 0.412 e. The first kappa shape index (κ1) is 14.3. The number of nitrogens with zero attached hydrogens (tertiary/aromatic N) is 5. The molecule has 1 fully saturated rings. The van der Waals surface area contributed by atoms with E-state index in [0.29, 0.717) is 16.9 Å². The average Bonchev–Trinajstić information content (AvgIpc) is 3.12. The maximum absolute atomic E-state index is 12.6. The van der Waals surface area contributed by atoms with Crippen LogP contribution in [0.3, 0.4) is 0 Å². The van der Waals surface area contributed by atoms with E-state index in [2.05, 4.69) is 9.97 Å². The van der Waals surface area contributed by atoms with E-state index in [1.165, 1.54) is 10.7 Å². The molecule has 0 spiro atoms. The molecule has 0 unspecified atom stereocenters. The van der Waals surface area contributed by atoms with Gasteiger partial charge in [-0.2, -0.15) is 0 Å². The Morgan fingerprint density at radius 3 is 2.91 bits per heavy atom. The van der Waals surface area contributed by atoms with Crippen LogP contribution in [0.15, 0.2) is 17.3 Å². The molecule has 5 rings (SSSR count). The summed E-state index contributed by atoms with van der Waals surface area (Å²) in [6.45, 7) is 2.10. The quantitative estimate of drug-likeness (QED) is 0.489. The lowest BCUT2D eigenvalue weighted by molar-refractivity contribution is -0.0329. The normalized spacial score (nSPS) is 29.0. The van der Waals surface area contributed by atoms with E-state index in [-0.39, 0.29) is 17.6 Å². The van der Waals surface area contributed by atoms with Crippen LogP contribution in [0.4, 0.5) is 0 Å². The van der Waals surface area contributed by atoms with Crippen LogP contribution in [0.25, 0.3) is 16.9 Å². The Labute approximate surface area is 128 Å². The fourth-order valence-corrected chi connectivity index (χ4v) is 3.45. The van der Waals surface area contributed by atoms with Crippen molar-refractivity contribution in [2.75, 3.05) is 0 Å². The predicted molar refractivity (Wildman–Crippen MR) is 77.0 cm³/mol. The zero-order valence-corrected chi connectivity index (χ0v) is 12.1. The van der Waals surface area contributed by atoms with Gasteiger partial charge in [0.2, 0.25) is 5.78 Å². The van der Waals surface area contributed by atoms with Gasteiger partial charge in [-0.3, -0.25) is 13.9 Å². The lowest BCUT2D eigenvalue weighted by atomic mass is 10.1. The first-order valence-corrected chi connectivity index (χ1v) is 7.03. The minimum atomic E-state index is -1.05. The monoisotopic (exact) mass is 321 g/mol. The van der Waals surface area contributed by atoms with Crippen LogP contribution in [0.2, 0.25) is 0 Å². The van der Waals surface area contributed by atoms with Crippen LogP contribution < -0.4 is 5.56 Å². The van der Waals surface area contributed by atoms with Crippen LogP contribution in [0.1, 0.15) is 11.9 Å². The van der Waals surface area contributed by atoms with E-state index in [4.69, 9.17) is 4.74 Å². The Balaban J connectivity index is 0.00000135. The fourth-order valence-electron chi connectivity index (χ4n) is 3.45. The number of aryl methyl sites for hydroxylation is 1. The molecule has 2 aliphatic heterocycles. The molecule has 3 aromatic rings. The number of imidazole rings is 2. The summed E-state index contributed by atoms with van der Waals surface area (Å²) in [7, 11) is 0. The second kappa shape index (κ2) is 4.38. The molecule has 23 heavy (non-hydrogen) atoms. The van der Waals surface area contributed by atoms with Gasteiger partial charge >= 0.3 is 0 Å². The molecule has 2 aliphatic rings. The minimum Gasteiger partial charge on any atom is -0.412 e. The van der Waals surface area contributed by atoms with Gasteiger partial charge in [-0.05, 0) is 6.92 Å². The summed E-state index contributed by atoms with van der Waals surface area (Å²) in [4.78, 5) is 21.1. The highest BCUT2D eigenvalue weighted by atomic mass is 16.6. The number of fused-ring (bicyclic) bond motifs is 5. The lowest BCUT2D eigenvalue weighted by Crippen LogP contribution is -2.36. The third-order valence-electron chi connectivity index (χ3n) is 4.47. The lowest BCUT2D eigenvalue weighted by Gasteiger charge is -2.20. The van der Waals surface area contributed by atoms with E-state index in [0.717, 1.165) is 5.69 Å². The Morgan fingerprint density at radius 2 is 2.13 bits per heavy atom. The number of ether oxygens (including phenoxy) is 1. The molecule has 5 heterocycles. The number of hydrogen-bond donors (Lipinski definition) is 2. The number of aliphatic hydroxyl groups is 2. The van der Waals surface area contributed by atoms with Crippen molar-refractivity contribution in [2.45, 2.75) is 38.0 Å². The van der Waals surface area contributed by atoms with E-state index < -0.39 is 24.5 Å². The molecule has 3 aromatic heterocycles. The van der Waals surface area contributed by atoms with Gasteiger partial charge < -0.3 is 20.4 Å². The van der Waals surface area contributed by atoms with E-state index in [1.807, 2.05) is 11.5 Å². The van der Waals surface area contributed by atoms with Crippen molar-refractivity contribution in [3.05, 3.63) is 28.6 Å². The van der Waals surface area contributed by atoms with Gasteiger partial charge in [0, 0.05) is 6.20 Å². The van der Waals surface area contributed by atoms with Crippen molar-refractivity contribution in [1.82, 2.24) is 23.5 Å². The summed E-state index contributed by atoms with van der Waals surface area (Å²) in [5.41, 5.74) is 1.31. The smallest absolute Gasteiger partial charge is 0.287 e. The summed E-state index contributed by atoms with van der Waals surface area (Å²) in [5, 5.41) is 20.3. The fraction of sp³-hybridized carbons (Fsp3) is 0.462. The van der Waals surface area contributed by atoms with Crippen molar-refractivity contribution >= 4 is 16.9 Å². The Morgan fingerprint density at radius 1 is 1.35 bits per heavy atom. The van der Waals surface area contributed by atoms with Crippen LogP contribution in [-0.2, 0) is 11.3 Å². The SMILES string of the molecule is Cc1cn2c(=O)c3ncn4c3n(c2n1)C[C@H]1O[C@@H]4[C@H](O)[C@@H]1O.O. The number of rotatable bonds is 0. The molecule has 122 valence electrons. The standard InChI is InChI=1S/C13H13N5O4.H2O/c1-5-2-17-11(21)7-10-16(13(17)15-5)3-6-8(19)9(20)12(22-6)18(10)4-14-7;/h2,4,6,8-9,12,19-20H,3H2,1H3;1H2/t6-,8-,9-,12-;/m1./s1. The maximum Gasteiger partial charge on any atom is 0.287 e. The molecule has 10 heteroatoms. The molecule has 0 amide bonds. The van der Waals surface area contributed by atoms with Crippen molar-refractivity contribution in [3.8, 4) is 0 Å². The number of aromatic nitrogens is 5. The average molecular weight is 321 g/mol. The van der Waals surface area contributed by atoms with Crippen molar-refractivity contribution in [3.63, 3.8) is 0 Å². The molecule has 0 aliphatic carbocycles. The van der Waals surface area contributed by atoms with Gasteiger partial charge in [0.25, 0.3) is 5.56 Å². The van der Waals surface area contributed by atoms with Gasteiger partial charge in [0.1, 0.15) is 18.3 Å². The van der Waals surface area contributed by atoms with Crippen molar-refractivity contribution < 1.29 is 20.4 Å². The first-order valence-electron chi connectivity index (χ1n) is 7.03. The second-order valence-corrected chi connectivity index (χ2v) is 5.84. The second-order valence-electron chi connectivity index (χ2n) is 5.84. The number of hydrogen-bond acceptors (Lipinski definition) is 6. The predicted octanol–water partition coefficient (Wildman–Crippen LogP) is -2.04. The summed E-state index contributed by atoms with van der Waals surface area (Å²) in [5.74, 6) is 0.481. The molecule has 0 aromatic carbocycles. The summed E-state index contributed by atoms with van der Waals surface area (Å²) >= 11 is 0. The third kappa shape index (κ3) is 1.58. The van der Waals surface area contributed by atoms with E-state index >= 15 is 0 Å². The summed E-state index contributed by atoms with van der Waals surface area (Å²) in [6.07, 6.45) is -0.240. The van der Waals surface area contributed by atoms with Gasteiger partial charge in [0.15, 0.2) is 17.4 Å². The first-order chi connectivity index (χ1) is 10.6. The summed E-state index contributed by atoms with van der Waals surface area (Å²) < 4.78 is 10.6. The zero-order chi connectivity index (χ0) is 15.2. The Kier molecular flexibility index (Phi) is 2.73. The zero-order valence-electron chi connectivity index (χ0n) is 12.1. The summed E-state index contributed by atoms with van der Waals surface area (Å²) in [6, 6.07) is 0. The van der Waals surface area contributed by atoms with Crippen LogP contribution in [-0.4, -0.2) is 57.5 Å². The van der Waals surface area contributed by atoms with Crippen LogP contribution >= 0.6 is 0 Å². The molecule has 2 bridgehead atoms. The highest BCUT2D eigenvalue weighted by Gasteiger charge is 2.46. The Bertz CT molecular complexity index is 988. The molecule has 4 N–H and O–H groups in total. The van der Waals surface area contributed by atoms with Crippen molar-refractivity contribution in [1.29, 1.82) is 0 Å². The molecular formula is C13H15N5O5. The van der Waals surface area contributed by atoms with E-state index in [1.54, 1.807) is 10.8 Å². The molecule has 10 nitrogen and oxygen atoms in total. The third-order valence-corrected chi connectivity index (χ3v) is 4.47. The molecule has 0 saturated carbocycles. The van der Waals surface area contributed by atoms with Gasteiger partial charge in [0.05, 0.1) is 18.6 Å². The minimum absolute atomic E-state index is 0. The highest BCUT2D eigenvalue weighted by Crippen LogP contribution is 2.35. The Hall–Kier alpha value is -2.27. The van der Waals surface area contributed by atoms with Crippen molar-refractivity contribution in [2.24, 2.45) is 0 Å². The van der Waals surface area contributed by atoms with Gasteiger partial charge in [-0.1, -0.05) is 0 Å². The van der Waals surface area contributed by atoms with Crippen LogP contribution in [0.5, 0.6) is 0 Å². The topological polar surface area (TPSA) is 138 Å². The molecule has 0 radical (unpaired) electrons. The highest BCUT2D eigenvalue weighted by molar-refractivity contribution is 5.73. The number of aliphatic hydroxyl groups excluding tert-OH is 2. The molecule has 1 saturated heterocycles. The molecule has 4 atom stereocenters. The van der Waals surface area contributed by atoms with E-state index in [9.17, 15) is 15.0 Å². The van der Waals surface area contributed by atoms with Gasteiger partial charge in [-0.25, -0.2) is 14.4 Å². The molecular weight excluding hydrogens is 306 g/mol. The van der Waals surface area contributed by atoms with Gasteiger partial charge in [-0.15, -0.1) is 0 Å².